The Labute approximate surface area is 156 Å². The number of aryl methyl sites for hydroxylation is 1. The lowest BCUT2D eigenvalue weighted by Crippen LogP contribution is -2.41. The number of rotatable bonds is 0. The van der Waals surface area contributed by atoms with Crippen LogP contribution in [0.15, 0.2) is 42.5 Å². The van der Waals surface area contributed by atoms with Gasteiger partial charge in [0.25, 0.3) is 5.91 Å². The highest BCUT2D eigenvalue weighted by atomic mass is 35.5. The normalized spacial score (nSPS) is 21.6. The minimum Gasteiger partial charge on any atom is -0.300 e. The number of amides is 1. The molecule has 1 fully saturated rings. The molecule has 0 N–H and O–H groups in total. The van der Waals surface area contributed by atoms with Gasteiger partial charge in [0.15, 0.2) is 0 Å². The molecule has 3 aromatic rings. The van der Waals surface area contributed by atoms with Crippen LogP contribution in [0.3, 0.4) is 0 Å². The number of carbonyl (C=O) groups is 2. The van der Waals surface area contributed by atoms with Crippen molar-refractivity contribution in [1.82, 2.24) is 4.57 Å². The highest BCUT2D eigenvalue weighted by molar-refractivity contribution is 6.31. The highest BCUT2D eigenvalue weighted by Crippen LogP contribution is 2.48. The summed E-state index contributed by atoms with van der Waals surface area (Å²) < 4.78 is 1.77. The van der Waals surface area contributed by atoms with Crippen molar-refractivity contribution in [3.63, 3.8) is 0 Å². The van der Waals surface area contributed by atoms with Crippen LogP contribution in [0.1, 0.15) is 41.4 Å². The summed E-state index contributed by atoms with van der Waals surface area (Å²) in [6, 6.07) is 13.3. The van der Waals surface area contributed by atoms with Gasteiger partial charge in [-0.1, -0.05) is 23.2 Å². The first kappa shape index (κ1) is 15.6. The summed E-state index contributed by atoms with van der Waals surface area (Å²) in [4.78, 5) is 28.1. The second-order valence-electron chi connectivity index (χ2n) is 7.40. The van der Waals surface area contributed by atoms with Crippen LogP contribution in [-0.2, 0) is 10.3 Å². The van der Waals surface area contributed by atoms with E-state index in [2.05, 4.69) is 12.1 Å². The van der Waals surface area contributed by atoms with E-state index in [1.807, 2.05) is 26.0 Å². The van der Waals surface area contributed by atoms with Gasteiger partial charge in [0.05, 0.1) is 28.0 Å². The summed E-state index contributed by atoms with van der Waals surface area (Å²) >= 11 is 6.18. The summed E-state index contributed by atoms with van der Waals surface area (Å²) in [6.45, 7) is 4.08. The zero-order chi connectivity index (χ0) is 18.2. The van der Waals surface area contributed by atoms with Gasteiger partial charge in [-0.15, -0.1) is 0 Å². The first-order valence-electron chi connectivity index (χ1n) is 8.70. The van der Waals surface area contributed by atoms with Crippen LogP contribution in [-0.4, -0.2) is 16.4 Å². The molecule has 130 valence electrons. The van der Waals surface area contributed by atoms with Crippen molar-refractivity contribution in [3.8, 4) is 0 Å². The van der Waals surface area contributed by atoms with Crippen LogP contribution in [0.25, 0.3) is 10.9 Å². The van der Waals surface area contributed by atoms with Gasteiger partial charge in [0.1, 0.15) is 0 Å². The monoisotopic (exact) mass is 364 g/mol. The van der Waals surface area contributed by atoms with Gasteiger partial charge in [-0.25, -0.2) is 0 Å². The van der Waals surface area contributed by atoms with Crippen molar-refractivity contribution in [2.75, 3.05) is 4.90 Å². The molecular weight excluding hydrogens is 348 g/mol. The van der Waals surface area contributed by atoms with E-state index in [0.29, 0.717) is 29.1 Å². The summed E-state index contributed by atoms with van der Waals surface area (Å²) in [5.41, 5.74) is 3.42. The van der Waals surface area contributed by atoms with E-state index in [9.17, 15) is 9.59 Å². The third-order valence-corrected chi connectivity index (χ3v) is 5.95. The van der Waals surface area contributed by atoms with Crippen LogP contribution in [0, 0.1) is 6.92 Å². The Morgan fingerprint density at radius 2 is 1.88 bits per heavy atom. The van der Waals surface area contributed by atoms with Gasteiger partial charge in [0.2, 0.25) is 5.91 Å². The number of anilines is 1. The van der Waals surface area contributed by atoms with Crippen LogP contribution >= 0.6 is 11.6 Å². The molecule has 2 aromatic carbocycles. The predicted octanol–water partition coefficient (Wildman–Crippen LogP) is 4.65. The Hall–Kier alpha value is -2.59. The molecule has 1 aromatic heterocycles. The number of benzene rings is 2. The number of nitrogens with zero attached hydrogens (tertiary/aromatic N) is 2. The van der Waals surface area contributed by atoms with Gasteiger partial charge in [0, 0.05) is 16.8 Å². The molecule has 0 radical (unpaired) electrons. The maximum atomic E-state index is 13.5. The topological polar surface area (TPSA) is 42.3 Å². The molecule has 3 heterocycles. The Kier molecular flexibility index (Phi) is 3.00. The average molecular weight is 365 g/mol. The van der Waals surface area contributed by atoms with Gasteiger partial charge in [-0.05, 0) is 56.7 Å². The number of aromatic nitrogens is 1. The third-order valence-electron chi connectivity index (χ3n) is 5.71. The lowest BCUT2D eigenvalue weighted by molar-refractivity contribution is -0.117. The molecular formula is C21H17ClN2O2. The van der Waals surface area contributed by atoms with Gasteiger partial charge in [-0.3, -0.25) is 14.2 Å². The van der Waals surface area contributed by atoms with Crippen LogP contribution < -0.4 is 4.90 Å². The van der Waals surface area contributed by atoms with Crippen molar-refractivity contribution >= 4 is 40.0 Å². The maximum absolute atomic E-state index is 13.5. The fraction of sp³-hybridized carbons (Fsp3) is 0.238. The zero-order valence-electron chi connectivity index (χ0n) is 14.5. The molecule has 5 rings (SSSR count). The molecule has 0 bridgehead atoms. The Morgan fingerprint density at radius 1 is 1.08 bits per heavy atom. The molecule has 1 atom stereocenters. The van der Waals surface area contributed by atoms with E-state index >= 15 is 0 Å². The fourth-order valence-corrected chi connectivity index (χ4v) is 4.61. The van der Waals surface area contributed by atoms with E-state index in [-0.39, 0.29) is 11.8 Å². The standard InChI is InChI=1S/C21H17ClN2O2/c1-12-3-5-16-13(9-12)10-18-21(2)8-7-19(25)24(21)17-6-4-14(22)11-15(17)20(26)23(16)18/h3-6,9-11H,7-8H2,1-2H3. The largest absolute Gasteiger partial charge is 0.300 e. The molecule has 1 unspecified atom stereocenters. The van der Waals surface area contributed by atoms with Crippen LogP contribution in [0.2, 0.25) is 5.02 Å². The van der Waals surface area contributed by atoms with E-state index in [1.54, 1.807) is 27.7 Å². The number of halogens is 1. The first-order chi connectivity index (χ1) is 12.4. The molecule has 0 spiro atoms. The average Bonchev–Trinajstić information content (AvgIpc) is 3.11. The van der Waals surface area contributed by atoms with Crippen molar-refractivity contribution < 1.29 is 9.59 Å². The van der Waals surface area contributed by atoms with Crippen molar-refractivity contribution in [2.24, 2.45) is 0 Å². The van der Waals surface area contributed by atoms with E-state index in [4.69, 9.17) is 11.6 Å². The molecule has 0 saturated carbocycles. The van der Waals surface area contributed by atoms with Gasteiger partial charge < -0.3 is 4.90 Å². The second-order valence-corrected chi connectivity index (χ2v) is 7.83. The summed E-state index contributed by atoms with van der Waals surface area (Å²) in [5, 5.41) is 1.50. The lowest BCUT2D eigenvalue weighted by atomic mass is 9.94. The predicted molar refractivity (Wildman–Crippen MR) is 102 cm³/mol. The number of fused-ring (bicyclic) bond motifs is 7. The molecule has 4 nitrogen and oxygen atoms in total. The number of carbonyl (C=O) groups excluding carboxylic acids is 2. The summed E-state index contributed by atoms with van der Waals surface area (Å²) in [5.74, 6) is -0.0986. The van der Waals surface area contributed by atoms with Crippen molar-refractivity contribution in [3.05, 3.63) is 64.3 Å². The minimum absolute atomic E-state index is 0.0405. The van der Waals surface area contributed by atoms with Crippen LogP contribution in [0.5, 0.6) is 0 Å². The SMILES string of the molecule is Cc1ccc2c(c1)cc1n2C(=O)c2cc(Cl)ccc2N2C(=O)CCC12C. The Balaban J connectivity index is 1.94. The lowest BCUT2D eigenvalue weighted by Gasteiger charge is -2.34. The molecule has 1 saturated heterocycles. The third kappa shape index (κ3) is 1.85. The van der Waals surface area contributed by atoms with E-state index in [1.165, 1.54) is 0 Å². The molecule has 1 amide bonds. The smallest absolute Gasteiger partial charge is 0.264 e. The van der Waals surface area contributed by atoms with Gasteiger partial charge >= 0.3 is 0 Å². The Bertz CT molecular complexity index is 1130. The Morgan fingerprint density at radius 3 is 2.69 bits per heavy atom. The zero-order valence-corrected chi connectivity index (χ0v) is 15.3. The van der Waals surface area contributed by atoms with E-state index < -0.39 is 5.54 Å². The number of hydrogen-bond donors (Lipinski definition) is 0. The molecule has 2 aliphatic rings. The van der Waals surface area contributed by atoms with Crippen molar-refractivity contribution in [2.45, 2.75) is 32.2 Å². The second kappa shape index (κ2) is 4.98. The van der Waals surface area contributed by atoms with Crippen molar-refractivity contribution in [1.29, 1.82) is 0 Å². The number of hydrogen-bond acceptors (Lipinski definition) is 2. The van der Waals surface area contributed by atoms with Crippen LogP contribution in [0.4, 0.5) is 5.69 Å². The fourth-order valence-electron chi connectivity index (χ4n) is 4.44. The molecule has 0 aliphatic carbocycles. The highest BCUT2D eigenvalue weighted by Gasteiger charge is 2.49. The molecule has 26 heavy (non-hydrogen) atoms. The first-order valence-corrected chi connectivity index (χ1v) is 9.08. The summed E-state index contributed by atoms with van der Waals surface area (Å²) in [7, 11) is 0. The quantitative estimate of drug-likeness (QED) is 0.582. The molecule has 5 heteroatoms. The minimum atomic E-state index is -0.557. The maximum Gasteiger partial charge on any atom is 0.264 e. The van der Waals surface area contributed by atoms with E-state index in [0.717, 1.165) is 22.2 Å². The summed E-state index contributed by atoms with van der Waals surface area (Å²) in [6.07, 6.45) is 1.14. The van der Waals surface area contributed by atoms with Gasteiger partial charge in [-0.2, -0.15) is 0 Å². The molecule has 2 aliphatic heterocycles.